The Balaban J connectivity index is 0.00000144. The number of nitriles is 1. The van der Waals surface area contributed by atoms with Gasteiger partial charge in [-0.2, -0.15) is 9.83 Å². The molecule has 1 N–H and O–H groups in total. The van der Waals surface area contributed by atoms with Gasteiger partial charge in [0.25, 0.3) is 0 Å². The topological polar surface area (TPSA) is 60.3 Å². The highest BCUT2D eigenvalue weighted by Crippen LogP contribution is 2.07. The van der Waals surface area contributed by atoms with Gasteiger partial charge < -0.3 is 17.6 Å². The summed E-state index contributed by atoms with van der Waals surface area (Å²) in [7, 11) is 0. The first-order valence-electron chi connectivity index (χ1n) is 4.83. The Morgan fingerprint density at radius 3 is 2.71 bits per heavy atom. The lowest BCUT2D eigenvalue weighted by Crippen LogP contribution is -3.00. The van der Waals surface area contributed by atoms with Crippen LogP contribution < -0.4 is 17.0 Å². The maximum Gasteiger partial charge on any atom is 0.221 e. The molecule has 0 amide bonds. The van der Waals surface area contributed by atoms with Gasteiger partial charge >= 0.3 is 0 Å². The normalized spacial score (nSPS) is 10.6. The molecule has 0 aliphatic heterocycles. The minimum absolute atomic E-state index is 0. The first-order valence-corrected chi connectivity index (χ1v) is 4.83. The molecule has 2 aromatic rings. The largest absolute Gasteiger partial charge is 1.00 e. The van der Waals surface area contributed by atoms with E-state index in [1.165, 1.54) is 0 Å². The molecule has 0 fully saturated rings. The van der Waals surface area contributed by atoms with Crippen molar-refractivity contribution in [3.63, 3.8) is 0 Å². The standard InChI is InChI=1S/C12H9N3O.ClH/c13-8-11(14-16)9-15-7-3-5-10-4-1-2-6-12(10)15;/h1-7H,9H2;1H. The maximum absolute atomic E-state index is 8.71. The fourth-order valence-electron chi connectivity index (χ4n) is 1.61. The Hall–Kier alpha value is -2.12. The summed E-state index contributed by atoms with van der Waals surface area (Å²) in [4.78, 5) is 0. The van der Waals surface area contributed by atoms with Crippen LogP contribution in [0, 0.1) is 11.3 Å². The Kier molecular flexibility index (Phi) is 4.44. The van der Waals surface area contributed by atoms with Crippen molar-refractivity contribution in [3.05, 3.63) is 42.6 Å². The van der Waals surface area contributed by atoms with Crippen molar-refractivity contribution >= 4 is 16.6 Å². The van der Waals surface area contributed by atoms with Crippen molar-refractivity contribution < 1.29 is 22.2 Å². The second-order valence-corrected chi connectivity index (χ2v) is 3.35. The number of benzene rings is 1. The highest BCUT2D eigenvalue weighted by atomic mass is 35.5. The smallest absolute Gasteiger partial charge is 0.221 e. The Labute approximate surface area is 105 Å². The summed E-state index contributed by atoms with van der Waals surface area (Å²) in [5, 5.41) is 21.3. The zero-order valence-electron chi connectivity index (χ0n) is 8.92. The maximum atomic E-state index is 8.71. The minimum atomic E-state index is 0. The monoisotopic (exact) mass is 247 g/mol. The third-order valence-electron chi connectivity index (χ3n) is 2.36. The van der Waals surface area contributed by atoms with Crippen molar-refractivity contribution in [2.75, 3.05) is 0 Å². The molecule has 0 aliphatic rings. The molecule has 0 atom stereocenters. The lowest BCUT2D eigenvalue weighted by Gasteiger charge is -1.98. The molecule has 1 heterocycles. The second kappa shape index (κ2) is 5.83. The molecule has 0 saturated carbocycles. The van der Waals surface area contributed by atoms with E-state index >= 15 is 0 Å². The van der Waals surface area contributed by atoms with Gasteiger partial charge in [0, 0.05) is 17.5 Å². The van der Waals surface area contributed by atoms with E-state index in [1.807, 2.05) is 53.2 Å². The van der Waals surface area contributed by atoms with E-state index in [9.17, 15) is 0 Å². The Bertz CT molecular complexity index is 584. The van der Waals surface area contributed by atoms with Crippen LogP contribution in [0.2, 0.25) is 0 Å². The third kappa shape index (κ3) is 2.71. The van der Waals surface area contributed by atoms with Gasteiger partial charge in [-0.05, 0) is 12.1 Å². The molecule has 0 saturated heterocycles. The molecule has 0 unspecified atom stereocenters. The molecule has 0 aliphatic carbocycles. The molecule has 86 valence electrons. The predicted molar refractivity (Wildman–Crippen MR) is 59.0 cm³/mol. The van der Waals surface area contributed by atoms with Gasteiger partial charge in [0.15, 0.2) is 6.20 Å². The van der Waals surface area contributed by atoms with Crippen molar-refractivity contribution in [1.29, 1.82) is 5.26 Å². The van der Waals surface area contributed by atoms with Crippen LogP contribution in [-0.2, 0) is 6.54 Å². The lowest BCUT2D eigenvalue weighted by atomic mass is 10.2. The van der Waals surface area contributed by atoms with Crippen LogP contribution in [0.4, 0.5) is 0 Å². The lowest BCUT2D eigenvalue weighted by molar-refractivity contribution is -0.655. The number of nitrogens with zero attached hydrogens (tertiary/aromatic N) is 3. The minimum Gasteiger partial charge on any atom is -1.00 e. The second-order valence-electron chi connectivity index (χ2n) is 3.35. The average molecular weight is 248 g/mol. The highest BCUT2D eigenvalue weighted by Gasteiger charge is 2.11. The van der Waals surface area contributed by atoms with E-state index in [1.54, 1.807) is 0 Å². The summed E-state index contributed by atoms with van der Waals surface area (Å²) in [6, 6.07) is 13.6. The first-order chi connectivity index (χ1) is 7.85. The number of hydrogen-bond acceptors (Lipinski definition) is 3. The van der Waals surface area contributed by atoms with Crippen molar-refractivity contribution in [2.45, 2.75) is 6.54 Å². The van der Waals surface area contributed by atoms with Crippen LogP contribution in [0.3, 0.4) is 0 Å². The molecule has 4 nitrogen and oxygen atoms in total. The van der Waals surface area contributed by atoms with Gasteiger partial charge in [-0.25, -0.2) is 0 Å². The van der Waals surface area contributed by atoms with Crippen LogP contribution in [-0.4, -0.2) is 10.9 Å². The number of para-hydroxylation sites is 1. The number of fused-ring (bicyclic) bond motifs is 1. The highest BCUT2D eigenvalue weighted by molar-refractivity contribution is 5.97. The van der Waals surface area contributed by atoms with Crippen LogP contribution in [0.5, 0.6) is 0 Å². The van der Waals surface area contributed by atoms with Crippen molar-refractivity contribution in [2.24, 2.45) is 5.16 Å². The summed E-state index contributed by atoms with van der Waals surface area (Å²) in [6.07, 6.45) is 1.85. The molecule has 0 spiro atoms. The van der Waals surface area contributed by atoms with Crippen LogP contribution >= 0.6 is 0 Å². The zero-order chi connectivity index (χ0) is 11.4. The zero-order valence-corrected chi connectivity index (χ0v) is 9.67. The fraction of sp³-hybridized carbons (Fsp3) is 0.0833. The summed E-state index contributed by atoms with van der Waals surface area (Å²) in [5.74, 6) is 0. The molecule has 1 aromatic carbocycles. The van der Waals surface area contributed by atoms with E-state index in [0.29, 0.717) is 0 Å². The SMILES string of the molecule is N#CC(C[n+]1cccc2ccccc21)=NO.[Cl-]. The molecule has 0 bridgehead atoms. The van der Waals surface area contributed by atoms with E-state index < -0.39 is 0 Å². The van der Waals surface area contributed by atoms with Gasteiger partial charge in [-0.1, -0.05) is 17.3 Å². The van der Waals surface area contributed by atoms with Gasteiger partial charge in [-0.15, -0.1) is 0 Å². The number of halogens is 1. The van der Waals surface area contributed by atoms with Crippen LogP contribution in [0.1, 0.15) is 0 Å². The molecule has 1 aromatic heterocycles. The van der Waals surface area contributed by atoms with Crippen molar-refractivity contribution in [3.8, 4) is 6.07 Å². The van der Waals surface area contributed by atoms with Gasteiger partial charge in [-0.3, -0.25) is 0 Å². The Morgan fingerprint density at radius 1 is 1.29 bits per heavy atom. The first kappa shape index (κ1) is 12.9. The Morgan fingerprint density at radius 2 is 2.00 bits per heavy atom. The number of pyridine rings is 1. The summed E-state index contributed by atoms with van der Waals surface area (Å²) >= 11 is 0. The molecule has 17 heavy (non-hydrogen) atoms. The molecule has 0 radical (unpaired) electrons. The van der Waals surface area contributed by atoms with E-state index in [4.69, 9.17) is 10.5 Å². The molecular weight excluding hydrogens is 238 g/mol. The predicted octanol–water partition coefficient (Wildman–Crippen LogP) is -1.51. The molecule has 2 rings (SSSR count). The van der Waals surface area contributed by atoms with E-state index in [0.717, 1.165) is 10.9 Å². The number of aromatic nitrogens is 1. The average Bonchev–Trinajstić information content (AvgIpc) is 2.36. The summed E-state index contributed by atoms with van der Waals surface area (Å²) in [5.41, 5.74) is 1.09. The van der Waals surface area contributed by atoms with E-state index in [-0.39, 0.29) is 24.7 Å². The number of hydrogen-bond donors (Lipinski definition) is 1. The van der Waals surface area contributed by atoms with E-state index in [2.05, 4.69) is 5.16 Å². The van der Waals surface area contributed by atoms with Gasteiger partial charge in [0.2, 0.25) is 17.8 Å². The summed E-state index contributed by atoms with van der Waals surface area (Å²) < 4.78 is 1.87. The third-order valence-corrected chi connectivity index (χ3v) is 2.36. The summed E-state index contributed by atoms with van der Waals surface area (Å²) in [6.45, 7) is 0.272. The van der Waals surface area contributed by atoms with Crippen LogP contribution in [0.15, 0.2) is 47.8 Å². The van der Waals surface area contributed by atoms with Crippen molar-refractivity contribution in [1.82, 2.24) is 0 Å². The molecular formula is C12H10ClN3O. The quantitative estimate of drug-likeness (QED) is 0.303. The van der Waals surface area contributed by atoms with Gasteiger partial charge in [0.1, 0.15) is 6.07 Å². The molecule has 5 heteroatoms. The van der Waals surface area contributed by atoms with Gasteiger partial charge in [0.05, 0.1) is 0 Å². The fourth-order valence-corrected chi connectivity index (χ4v) is 1.61. The number of oxime groups is 1. The number of rotatable bonds is 2. The van der Waals surface area contributed by atoms with Crippen LogP contribution in [0.25, 0.3) is 10.9 Å².